The van der Waals surface area contributed by atoms with Crippen LogP contribution in [0.2, 0.25) is 0 Å². The molecule has 0 aromatic heterocycles. The second-order valence-corrected chi connectivity index (χ2v) is 5.29. The number of hydrogen-bond donors (Lipinski definition) is 2. The lowest BCUT2D eigenvalue weighted by atomic mass is 9.93. The Morgan fingerprint density at radius 3 is 1.88 bits per heavy atom. The molecule has 0 aromatic carbocycles. The number of rotatable bonds is 6. The summed E-state index contributed by atoms with van der Waals surface area (Å²) in [6.45, 7) is 5.51. The molecule has 2 N–H and O–H groups in total. The fraction of sp³-hybridized carbons (Fsp3) is 0.571. The lowest BCUT2D eigenvalue weighted by Gasteiger charge is -2.33. The minimum Gasteiger partial charge on any atom is -0.393 e. The molecule has 0 aliphatic carbocycles. The molecule has 0 saturated carbocycles. The molecule has 0 aromatic rings. The van der Waals surface area contributed by atoms with E-state index in [0.717, 1.165) is 13.0 Å². The molecule has 0 aliphatic heterocycles. The van der Waals surface area contributed by atoms with E-state index in [0.29, 0.717) is 0 Å². The van der Waals surface area contributed by atoms with E-state index in [2.05, 4.69) is 11.3 Å². The minimum absolute atomic E-state index is 0.110. The first-order valence-corrected chi connectivity index (χ1v) is 6.65. The maximum absolute atomic E-state index is 12.5. The van der Waals surface area contributed by atoms with Crippen LogP contribution >= 0.6 is 0 Å². The van der Waals surface area contributed by atoms with Gasteiger partial charge in [-0.3, -0.25) is 0 Å². The van der Waals surface area contributed by atoms with Crippen molar-refractivity contribution in [3.8, 4) is 0 Å². The molecular formula is C14H16F6O5. The van der Waals surface area contributed by atoms with Crippen LogP contribution in [0.4, 0.5) is 26.3 Å². The highest BCUT2D eigenvalue weighted by atomic mass is 19.4. The topological polar surface area (TPSA) is 83.8 Å². The average Bonchev–Trinajstić information content (AvgIpc) is 2.41. The minimum atomic E-state index is -6.06. The lowest BCUT2D eigenvalue weighted by molar-refractivity contribution is -0.373. The number of alkyl halides is 6. The summed E-state index contributed by atoms with van der Waals surface area (Å²) in [6.07, 6.45) is -16.5. The van der Waals surface area contributed by atoms with E-state index in [4.69, 9.17) is 5.11 Å². The van der Waals surface area contributed by atoms with Gasteiger partial charge in [-0.05, 0) is 20.3 Å². The summed E-state index contributed by atoms with van der Waals surface area (Å²) >= 11 is 0. The van der Waals surface area contributed by atoms with E-state index in [1.54, 1.807) is 0 Å². The van der Waals surface area contributed by atoms with Crippen LogP contribution in [0.5, 0.6) is 0 Å². The highest BCUT2D eigenvalue weighted by molar-refractivity contribution is 6.00. The molecule has 1 atom stereocenters. The van der Waals surface area contributed by atoms with Crippen LogP contribution in [0.25, 0.3) is 0 Å². The number of carbonyl (C=O) groups excluding carboxylic acids is 2. The van der Waals surface area contributed by atoms with Crippen LogP contribution in [0.1, 0.15) is 26.7 Å². The maximum Gasteiger partial charge on any atom is 0.426 e. The van der Waals surface area contributed by atoms with Crippen molar-refractivity contribution in [2.45, 2.75) is 50.7 Å². The monoisotopic (exact) mass is 378 g/mol. The molecule has 0 aliphatic rings. The van der Waals surface area contributed by atoms with E-state index >= 15 is 0 Å². The van der Waals surface area contributed by atoms with E-state index in [-0.39, 0.29) is 11.1 Å². The molecule has 5 nitrogen and oxygen atoms in total. The average molecular weight is 378 g/mol. The van der Waals surface area contributed by atoms with Crippen molar-refractivity contribution in [1.82, 2.24) is 0 Å². The van der Waals surface area contributed by atoms with Crippen LogP contribution in [-0.2, 0) is 14.3 Å². The smallest absolute Gasteiger partial charge is 0.393 e. The Morgan fingerprint density at radius 2 is 1.52 bits per heavy atom. The Kier molecular flexibility index (Phi) is 7.40. The van der Waals surface area contributed by atoms with Gasteiger partial charge in [0.15, 0.2) is 0 Å². The van der Waals surface area contributed by atoms with Crippen molar-refractivity contribution in [3.05, 3.63) is 23.8 Å². The van der Waals surface area contributed by atoms with Crippen molar-refractivity contribution in [1.29, 1.82) is 0 Å². The molecule has 0 bridgehead atoms. The van der Waals surface area contributed by atoms with Gasteiger partial charge in [0.05, 0.1) is 6.10 Å². The summed E-state index contributed by atoms with van der Waals surface area (Å²) in [4.78, 5) is 22.5. The Labute approximate surface area is 138 Å². The standard InChI is InChI=1S/C14H16F6O5/c1-7(2)10(22)25-11(23)8(3)4-5-9(21)6-12(24,13(15,16)17)14(18,19)20/h4,9,21,24H,1,5-6H2,2-3H3/b8-4-. The van der Waals surface area contributed by atoms with Crippen molar-refractivity contribution in [3.63, 3.8) is 0 Å². The Balaban J connectivity index is 5.04. The second kappa shape index (κ2) is 8.00. The normalized spacial score (nSPS) is 14.9. The van der Waals surface area contributed by atoms with Gasteiger partial charge >= 0.3 is 24.3 Å². The molecule has 11 heteroatoms. The van der Waals surface area contributed by atoms with E-state index in [9.17, 15) is 41.0 Å². The number of esters is 2. The molecule has 0 spiro atoms. The number of hydrogen-bond acceptors (Lipinski definition) is 5. The summed E-state index contributed by atoms with van der Waals surface area (Å²) < 4.78 is 79.2. The molecule has 0 saturated heterocycles. The third kappa shape index (κ3) is 6.16. The third-order valence-electron chi connectivity index (χ3n) is 3.02. The van der Waals surface area contributed by atoms with Gasteiger partial charge in [0.25, 0.3) is 5.60 Å². The fourth-order valence-electron chi connectivity index (χ4n) is 1.46. The Morgan fingerprint density at radius 1 is 1.08 bits per heavy atom. The number of carbonyl (C=O) groups is 2. The SMILES string of the molecule is C=C(C)C(=O)OC(=O)/C(C)=C\CC(O)CC(O)(C(F)(F)F)C(F)(F)F. The van der Waals surface area contributed by atoms with E-state index in [1.165, 1.54) is 6.92 Å². The van der Waals surface area contributed by atoms with Crippen LogP contribution in [0.15, 0.2) is 23.8 Å². The van der Waals surface area contributed by atoms with Gasteiger partial charge < -0.3 is 14.9 Å². The van der Waals surface area contributed by atoms with Gasteiger partial charge in [-0.1, -0.05) is 12.7 Å². The van der Waals surface area contributed by atoms with Crippen LogP contribution in [-0.4, -0.2) is 46.2 Å². The zero-order valence-electron chi connectivity index (χ0n) is 13.2. The molecule has 0 amide bonds. The van der Waals surface area contributed by atoms with Crippen molar-refractivity contribution in [2.75, 3.05) is 0 Å². The van der Waals surface area contributed by atoms with Gasteiger partial charge in [-0.15, -0.1) is 0 Å². The Hall–Kier alpha value is -1.88. The first kappa shape index (κ1) is 23.1. The number of aliphatic hydroxyl groups is 2. The first-order chi connectivity index (χ1) is 11.0. The first-order valence-electron chi connectivity index (χ1n) is 6.65. The van der Waals surface area contributed by atoms with Gasteiger partial charge in [0, 0.05) is 17.6 Å². The molecule has 0 fully saturated rings. The molecule has 25 heavy (non-hydrogen) atoms. The molecule has 1 unspecified atom stereocenters. The fourth-order valence-corrected chi connectivity index (χ4v) is 1.46. The van der Waals surface area contributed by atoms with Gasteiger partial charge in [-0.2, -0.15) is 26.3 Å². The summed E-state index contributed by atoms with van der Waals surface area (Å²) in [5, 5.41) is 18.3. The highest BCUT2D eigenvalue weighted by Gasteiger charge is 2.70. The zero-order chi connectivity index (χ0) is 20.2. The van der Waals surface area contributed by atoms with Crippen LogP contribution < -0.4 is 0 Å². The van der Waals surface area contributed by atoms with Gasteiger partial charge in [0.2, 0.25) is 0 Å². The molecule has 0 radical (unpaired) electrons. The summed E-state index contributed by atoms with van der Waals surface area (Å²) in [6, 6.07) is 0. The van der Waals surface area contributed by atoms with Crippen LogP contribution in [0.3, 0.4) is 0 Å². The number of aliphatic hydroxyl groups excluding tert-OH is 1. The van der Waals surface area contributed by atoms with E-state index in [1.807, 2.05) is 0 Å². The molecule has 144 valence electrons. The predicted octanol–water partition coefficient (Wildman–Crippen LogP) is 2.58. The quantitative estimate of drug-likeness (QED) is 0.321. The predicted molar refractivity (Wildman–Crippen MR) is 72.0 cm³/mol. The van der Waals surface area contributed by atoms with Crippen molar-refractivity contribution >= 4 is 11.9 Å². The maximum atomic E-state index is 12.5. The number of halogens is 6. The van der Waals surface area contributed by atoms with Crippen molar-refractivity contribution < 1.29 is 50.9 Å². The third-order valence-corrected chi connectivity index (χ3v) is 3.02. The summed E-state index contributed by atoms with van der Waals surface area (Å²) in [5.74, 6) is -2.27. The lowest BCUT2D eigenvalue weighted by Crippen LogP contribution is -2.58. The van der Waals surface area contributed by atoms with E-state index < -0.39 is 48.8 Å². The van der Waals surface area contributed by atoms with Gasteiger partial charge in [0.1, 0.15) is 0 Å². The molecule has 0 rings (SSSR count). The highest BCUT2D eigenvalue weighted by Crippen LogP contribution is 2.46. The number of ether oxygens (including phenoxy) is 1. The van der Waals surface area contributed by atoms with Gasteiger partial charge in [-0.25, -0.2) is 9.59 Å². The van der Waals surface area contributed by atoms with Crippen molar-refractivity contribution in [2.24, 2.45) is 0 Å². The van der Waals surface area contributed by atoms with Crippen LogP contribution in [0, 0.1) is 0 Å². The summed E-state index contributed by atoms with van der Waals surface area (Å²) in [7, 11) is 0. The second-order valence-electron chi connectivity index (χ2n) is 5.29. The zero-order valence-corrected chi connectivity index (χ0v) is 13.2. The Bertz CT molecular complexity index is 547. The molecular weight excluding hydrogens is 362 g/mol. The largest absolute Gasteiger partial charge is 0.426 e. The molecule has 0 heterocycles. The summed E-state index contributed by atoms with van der Waals surface area (Å²) in [5.41, 5.74) is -5.55.